The summed E-state index contributed by atoms with van der Waals surface area (Å²) in [7, 11) is 3.38. The number of nitrogens with one attached hydrogen (secondary N) is 4. The van der Waals surface area contributed by atoms with Crippen LogP contribution in [0.4, 0.5) is 9.59 Å². The number of carbonyl (C=O) groups excluding carboxylic acids is 5. The van der Waals surface area contributed by atoms with Gasteiger partial charge >= 0.3 is 12.1 Å². The van der Waals surface area contributed by atoms with Crippen molar-refractivity contribution in [2.45, 2.75) is 88.1 Å². The van der Waals surface area contributed by atoms with Crippen molar-refractivity contribution in [1.29, 1.82) is 10.5 Å². The molecule has 4 aliphatic carbocycles. The predicted octanol–water partition coefficient (Wildman–Crippen LogP) is 4.13. The van der Waals surface area contributed by atoms with Crippen LogP contribution in [0.15, 0.2) is 71.1 Å². The molecule has 14 heteroatoms. The van der Waals surface area contributed by atoms with Gasteiger partial charge in [-0.15, -0.1) is 0 Å². The Morgan fingerprint density at radius 1 is 0.667 bits per heavy atom. The molecule has 2 saturated carbocycles. The molecule has 2 saturated heterocycles. The molecule has 2 spiro atoms. The van der Waals surface area contributed by atoms with Gasteiger partial charge in [-0.2, -0.15) is 10.5 Å². The second-order valence-electron chi connectivity index (χ2n) is 16.3. The zero-order chi connectivity index (χ0) is 41.2. The summed E-state index contributed by atoms with van der Waals surface area (Å²) < 4.78 is 0. The van der Waals surface area contributed by atoms with E-state index in [1.807, 2.05) is 62.4 Å². The summed E-state index contributed by atoms with van der Waals surface area (Å²) in [5, 5.41) is 30.5. The number of urea groups is 2. The van der Waals surface area contributed by atoms with E-state index in [-0.39, 0.29) is 23.7 Å². The number of rotatable bonds is 3. The summed E-state index contributed by atoms with van der Waals surface area (Å²) in [5.41, 5.74) is 17.2. The first-order valence-electron chi connectivity index (χ1n) is 19.5. The Balaban J connectivity index is 0.000000173. The van der Waals surface area contributed by atoms with E-state index < -0.39 is 46.8 Å². The van der Waals surface area contributed by atoms with Crippen molar-refractivity contribution < 1.29 is 24.0 Å². The molecule has 8 N–H and O–H groups in total. The second kappa shape index (κ2) is 16.1. The largest absolute Gasteiger partial charge is 0.400 e. The molecule has 7 amide bonds. The number of hydrogen-bond donors (Lipinski definition) is 6. The van der Waals surface area contributed by atoms with Crippen molar-refractivity contribution in [3.8, 4) is 12.1 Å². The molecular formula is C43H51N9O5. The highest BCUT2D eigenvalue weighted by Crippen LogP contribution is 2.56. The normalized spacial score (nSPS) is 31.1. The highest BCUT2D eigenvalue weighted by Gasteiger charge is 2.62. The number of imide groups is 2. The lowest BCUT2D eigenvalue weighted by Gasteiger charge is -2.56. The monoisotopic (exact) mass is 773 g/mol. The molecule has 298 valence electrons. The van der Waals surface area contributed by atoms with Gasteiger partial charge in [0.25, 0.3) is 0 Å². The summed E-state index contributed by atoms with van der Waals surface area (Å²) in [4.78, 5) is 60.5. The van der Waals surface area contributed by atoms with E-state index in [9.17, 15) is 34.5 Å². The quantitative estimate of drug-likeness (QED) is 0.246. The van der Waals surface area contributed by atoms with Gasteiger partial charge in [0.05, 0.1) is 34.4 Å². The average Bonchev–Trinajstić information content (AvgIpc) is 3.17. The Bertz CT molecular complexity index is 1950. The fourth-order valence-corrected chi connectivity index (χ4v) is 10.4. The average molecular weight is 774 g/mol. The van der Waals surface area contributed by atoms with Crippen molar-refractivity contribution in [2.24, 2.45) is 35.1 Å². The number of aryl methyl sites for hydroxylation is 2. The third-order valence-electron chi connectivity index (χ3n) is 12.8. The summed E-state index contributed by atoms with van der Waals surface area (Å²) in [5.74, 6) is -2.61. The third-order valence-corrected chi connectivity index (χ3v) is 12.8. The molecule has 2 aromatic carbocycles. The van der Waals surface area contributed by atoms with E-state index in [0.717, 1.165) is 67.2 Å². The fraction of sp³-hybridized carbons (Fsp3) is 0.465. The first-order valence-corrected chi connectivity index (χ1v) is 19.5. The first-order chi connectivity index (χ1) is 27.2. The van der Waals surface area contributed by atoms with Crippen LogP contribution in [0.3, 0.4) is 0 Å². The van der Waals surface area contributed by atoms with E-state index in [4.69, 9.17) is 11.5 Å². The van der Waals surface area contributed by atoms with Crippen LogP contribution in [0.25, 0.3) is 0 Å². The highest BCUT2D eigenvalue weighted by molar-refractivity contribution is 6.02. The number of benzene rings is 2. The van der Waals surface area contributed by atoms with Crippen LogP contribution >= 0.6 is 0 Å². The summed E-state index contributed by atoms with van der Waals surface area (Å²) in [6, 6.07) is 19.8. The van der Waals surface area contributed by atoms with Gasteiger partial charge in [-0.05, 0) is 62.5 Å². The van der Waals surface area contributed by atoms with Gasteiger partial charge in [-0.3, -0.25) is 25.0 Å². The minimum atomic E-state index is -0.711. The Hall–Kier alpha value is -6.15. The number of nitrogens with zero attached hydrogens (tertiary/aromatic N) is 3. The van der Waals surface area contributed by atoms with Crippen LogP contribution in [0.5, 0.6) is 0 Å². The van der Waals surface area contributed by atoms with Crippen molar-refractivity contribution in [1.82, 2.24) is 26.2 Å². The molecule has 8 atom stereocenters. The van der Waals surface area contributed by atoms with E-state index >= 15 is 0 Å². The van der Waals surface area contributed by atoms with Gasteiger partial charge in [0.2, 0.25) is 18.2 Å². The Morgan fingerprint density at radius 2 is 1.02 bits per heavy atom. The molecule has 0 bridgehead atoms. The lowest BCUT2D eigenvalue weighted by Crippen LogP contribution is -2.73. The smallest absolute Gasteiger partial charge is 0.321 e. The van der Waals surface area contributed by atoms with Gasteiger partial charge < -0.3 is 27.0 Å². The van der Waals surface area contributed by atoms with Crippen molar-refractivity contribution >= 4 is 30.3 Å². The molecule has 0 unspecified atom stereocenters. The van der Waals surface area contributed by atoms with Crippen LogP contribution in [0.1, 0.15) is 85.5 Å². The molecule has 8 rings (SSSR count). The molecule has 0 aromatic heterocycles. The maximum atomic E-state index is 12.7. The summed E-state index contributed by atoms with van der Waals surface area (Å²) >= 11 is 0. The van der Waals surface area contributed by atoms with Crippen LogP contribution in [0, 0.1) is 60.2 Å². The predicted molar refractivity (Wildman–Crippen MR) is 211 cm³/mol. The van der Waals surface area contributed by atoms with Crippen LogP contribution in [-0.2, 0) is 14.4 Å². The molecule has 57 heavy (non-hydrogen) atoms. The van der Waals surface area contributed by atoms with E-state index in [1.54, 1.807) is 14.1 Å². The lowest BCUT2D eigenvalue weighted by molar-refractivity contribution is -0.130. The zero-order valence-electron chi connectivity index (χ0n) is 32.9. The summed E-state index contributed by atoms with van der Waals surface area (Å²) in [6.07, 6.45) is 7.72. The SMILES string of the molecule is CN(C)C=O.Cc1ccc([C@@H]2C(C#N)=C(N)[C@H]3C(=O)NC(=O)N[C@]34CCCC[C@@H]24)cc1.Cc1ccc([C@H]2C(C#N)=C(N)[C@@H]3C(=O)NC(=O)N[C@@]34CCCC[C@H]24)cc1. The molecule has 14 nitrogen and oxygen atoms in total. The Morgan fingerprint density at radius 3 is 1.33 bits per heavy atom. The standard InChI is InChI=1S/2C20H22N4O2.C3H7NO/c2*1-11-5-7-12(8-6-11)15-13(10-21)17(22)16-18(25)23-19(26)24-20(16)9-3-2-4-14(15)20;1-4(2)3-5/h2*5-8,14-16H,2-4,9,22H2,1H3,(H2,23,24,25,26);3H,1-2H3/t2*14-,15+,16-,20-;/m10./s1. The Labute approximate surface area is 333 Å². The number of amides is 7. The zero-order valence-corrected chi connectivity index (χ0v) is 32.9. The van der Waals surface area contributed by atoms with Gasteiger partial charge in [0.1, 0.15) is 11.8 Å². The maximum absolute atomic E-state index is 12.7. The van der Waals surface area contributed by atoms with Gasteiger partial charge in [-0.1, -0.05) is 85.3 Å². The maximum Gasteiger partial charge on any atom is 0.321 e. The van der Waals surface area contributed by atoms with E-state index in [1.165, 1.54) is 4.90 Å². The minimum absolute atomic E-state index is 0.0269. The molecular weight excluding hydrogens is 723 g/mol. The minimum Gasteiger partial charge on any atom is -0.400 e. The topological polar surface area (TPSA) is 236 Å². The summed E-state index contributed by atoms with van der Waals surface area (Å²) in [6.45, 7) is 4.04. The van der Waals surface area contributed by atoms with Crippen LogP contribution in [0.2, 0.25) is 0 Å². The third kappa shape index (κ3) is 7.21. The Kier molecular flexibility index (Phi) is 11.5. The van der Waals surface area contributed by atoms with Crippen LogP contribution < -0.4 is 32.7 Å². The number of nitriles is 2. The molecule has 6 aliphatic rings. The number of carbonyl (C=O) groups is 5. The molecule has 4 fully saturated rings. The van der Waals surface area contributed by atoms with Crippen molar-refractivity contribution in [3.63, 3.8) is 0 Å². The van der Waals surface area contributed by atoms with Gasteiger partial charge in [0.15, 0.2) is 0 Å². The number of hydrogen-bond acceptors (Lipinski definition) is 9. The second-order valence-corrected chi connectivity index (χ2v) is 16.3. The lowest BCUT2D eigenvalue weighted by atomic mass is 9.54. The molecule has 2 aromatic rings. The van der Waals surface area contributed by atoms with Crippen molar-refractivity contribution in [3.05, 3.63) is 93.3 Å². The molecule has 2 heterocycles. The highest BCUT2D eigenvalue weighted by atomic mass is 16.2. The van der Waals surface area contributed by atoms with Crippen molar-refractivity contribution in [2.75, 3.05) is 14.1 Å². The van der Waals surface area contributed by atoms with E-state index in [2.05, 4.69) is 33.4 Å². The van der Waals surface area contributed by atoms with Crippen LogP contribution in [-0.4, -0.2) is 60.4 Å². The molecule has 0 radical (unpaired) electrons. The van der Waals surface area contributed by atoms with Gasteiger partial charge in [-0.25, -0.2) is 9.59 Å². The fourth-order valence-electron chi connectivity index (χ4n) is 10.4. The van der Waals surface area contributed by atoms with E-state index in [0.29, 0.717) is 35.4 Å². The first kappa shape index (κ1) is 40.5. The van der Waals surface area contributed by atoms with Gasteiger partial charge in [0, 0.05) is 37.3 Å². The molecule has 2 aliphatic heterocycles. The number of nitrogens with two attached hydrogens (primary N) is 2. The number of allylic oxidation sites excluding steroid dienone is 2.